The number of para-hydroxylation sites is 3. The molecular weight excluding hydrogens is 917 g/mol. The number of anilines is 3. The molecule has 2 heteroatoms. The second-order valence-electron chi connectivity index (χ2n) is 21.0. The predicted octanol–water partition coefficient (Wildman–Crippen LogP) is 18.6. The number of aromatic nitrogens is 1. The highest BCUT2D eigenvalue weighted by atomic mass is 15.1. The van der Waals surface area contributed by atoms with Crippen LogP contribution in [-0.4, -0.2) is 4.57 Å². The smallest absolute Gasteiger partial charge is 0.0754 e. The Bertz CT molecular complexity index is 4550. The quantitative estimate of drug-likeness (QED) is 0.167. The van der Waals surface area contributed by atoms with Gasteiger partial charge >= 0.3 is 0 Å². The van der Waals surface area contributed by atoms with Gasteiger partial charge in [0.05, 0.1) is 27.6 Å². The predicted molar refractivity (Wildman–Crippen MR) is 313 cm³/mol. The van der Waals surface area contributed by atoms with Crippen LogP contribution in [0.2, 0.25) is 0 Å². The summed E-state index contributed by atoms with van der Waals surface area (Å²) in [6.07, 6.45) is 0. The third-order valence-electron chi connectivity index (χ3n) is 17.6. The molecule has 1 aromatic heterocycles. The third-order valence-corrected chi connectivity index (χ3v) is 17.6. The van der Waals surface area contributed by atoms with Crippen LogP contribution in [0, 0.1) is 0 Å². The van der Waals surface area contributed by atoms with Gasteiger partial charge in [-0.3, -0.25) is 0 Å². The zero-order valence-corrected chi connectivity index (χ0v) is 41.5. The molecule has 17 rings (SSSR count). The zero-order chi connectivity index (χ0) is 49.7. The first-order chi connectivity index (χ1) is 37.7. The summed E-state index contributed by atoms with van der Waals surface area (Å²) in [6.45, 7) is 0. The molecule has 2 spiro atoms. The molecule has 0 radical (unpaired) electrons. The van der Waals surface area contributed by atoms with E-state index in [1.807, 2.05) is 0 Å². The van der Waals surface area contributed by atoms with E-state index in [-0.39, 0.29) is 0 Å². The van der Waals surface area contributed by atoms with E-state index in [9.17, 15) is 0 Å². The van der Waals surface area contributed by atoms with Gasteiger partial charge < -0.3 is 9.47 Å². The first kappa shape index (κ1) is 41.7. The highest BCUT2D eigenvalue weighted by molar-refractivity contribution is 6.13. The normalized spacial score (nSPS) is 15.3. The molecule has 0 saturated heterocycles. The Hall–Kier alpha value is -9.76. The molecular formula is C74H46N2. The lowest BCUT2D eigenvalue weighted by Gasteiger charge is -2.39. The van der Waals surface area contributed by atoms with Crippen LogP contribution < -0.4 is 4.90 Å². The van der Waals surface area contributed by atoms with Gasteiger partial charge in [-0.1, -0.05) is 224 Å². The first-order valence-electron chi connectivity index (χ1n) is 26.6. The molecule has 0 amide bonds. The summed E-state index contributed by atoms with van der Waals surface area (Å²) in [5.41, 5.74) is 29.2. The Kier molecular flexibility index (Phi) is 8.44. The van der Waals surface area contributed by atoms with Crippen molar-refractivity contribution in [3.05, 3.63) is 324 Å². The fourth-order valence-electron chi connectivity index (χ4n) is 14.7. The van der Waals surface area contributed by atoms with Gasteiger partial charge in [0.15, 0.2) is 0 Å². The van der Waals surface area contributed by atoms with Gasteiger partial charge in [0.25, 0.3) is 0 Å². The van der Waals surface area contributed by atoms with Crippen LogP contribution in [0.15, 0.2) is 279 Å². The fraction of sp³-hybridized carbons (Fsp3) is 0.0270. The monoisotopic (exact) mass is 962 g/mol. The van der Waals surface area contributed by atoms with Crippen molar-refractivity contribution in [2.45, 2.75) is 10.8 Å². The van der Waals surface area contributed by atoms with Crippen LogP contribution >= 0.6 is 0 Å². The van der Waals surface area contributed by atoms with Crippen LogP contribution in [-0.2, 0) is 10.8 Å². The molecule has 1 atom stereocenters. The van der Waals surface area contributed by atoms with Gasteiger partial charge in [-0.25, -0.2) is 0 Å². The first-order valence-corrected chi connectivity index (χ1v) is 26.6. The number of fused-ring (bicyclic) bond motifs is 22. The summed E-state index contributed by atoms with van der Waals surface area (Å²) in [6, 6.07) is 105. The molecule has 352 valence electrons. The lowest BCUT2D eigenvalue weighted by Crippen LogP contribution is -2.33. The molecule has 76 heavy (non-hydrogen) atoms. The summed E-state index contributed by atoms with van der Waals surface area (Å²) in [7, 11) is 0. The van der Waals surface area contributed by atoms with Gasteiger partial charge in [-0.05, 0) is 155 Å². The topological polar surface area (TPSA) is 8.17 Å². The van der Waals surface area contributed by atoms with Crippen LogP contribution in [0.3, 0.4) is 0 Å². The van der Waals surface area contributed by atoms with Crippen LogP contribution in [0.1, 0.15) is 44.5 Å². The fourth-order valence-corrected chi connectivity index (χ4v) is 14.7. The van der Waals surface area contributed by atoms with Gasteiger partial charge in [0.1, 0.15) is 0 Å². The van der Waals surface area contributed by atoms with Gasteiger partial charge in [0.2, 0.25) is 0 Å². The zero-order valence-electron chi connectivity index (χ0n) is 41.5. The largest absolute Gasteiger partial charge is 0.310 e. The maximum atomic E-state index is 2.53. The SMILES string of the molecule is c1ccc(-c2cccc(N(c3cccc(-c4ccc5c(c4)C4(c6ccccc6-5)c5ccccc5-n5c6ccccc6c6cccc4c65)c3)c3ccc4c(c3)C3(c5ccccc5-c5ccccc53)c3ccccc3-4)c2)cc1. The lowest BCUT2D eigenvalue weighted by molar-refractivity contribution is 0.749. The number of nitrogens with zero attached hydrogens (tertiary/aromatic N) is 2. The van der Waals surface area contributed by atoms with E-state index in [0.717, 1.165) is 22.6 Å². The molecule has 0 fully saturated rings. The Morgan fingerprint density at radius 1 is 0.250 bits per heavy atom. The number of hydrogen-bond donors (Lipinski definition) is 0. The average Bonchev–Trinajstić information content (AvgIpc) is 4.08. The van der Waals surface area contributed by atoms with Gasteiger partial charge in [0, 0.05) is 27.8 Å². The van der Waals surface area contributed by atoms with Crippen molar-refractivity contribution in [1.29, 1.82) is 0 Å². The van der Waals surface area contributed by atoms with E-state index >= 15 is 0 Å². The molecule has 0 N–H and O–H groups in total. The van der Waals surface area contributed by atoms with Crippen LogP contribution in [0.5, 0.6) is 0 Å². The van der Waals surface area contributed by atoms with Crippen molar-refractivity contribution >= 4 is 38.9 Å². The Labute approximate surface area is 441 Å². The maximum Gasteiger partial charge on any atom is 0.0754 e. The molecule has 4 aliphatic rings. The minimum atomic E-state index is -0.542. The lowest BCUT2D eigenvalue weighted by atomic mass is 9.65. The Morgan fingerprint density at radius 2 is 0.671 bits per heavy atom. The molecule has 13 aromatic rings. The number of rotatable bonds is 5. The molecule has 3 aliphatic carbocycles. The molecule has 2 nitrogen and oxygen atoms in total. The van der Waals surface area contributed by atoms with Crippen molar-refractivity contribution in [1.82, 2.24) is 4.57 Å². The summed E-state index contributed by atoms with van der Waals surface area (Å²) in [5, 5.41) is 2.57. The highest BCUT2D eigenvalue weighted by Crippen LogP contribution is 2.64. The Morgan fingerprint density at radius 3 is 1.32 bits per heavy atom. The third kappa shape index (κ3) is 5.30. The van der Waals surface area contributed by atoms with Crippen LogP contribution in [0.25, 0.3) is 83.1 Å². The van der Waals surface area contributed by atoms with Gasteiger partial charge in [-0.15, -0.1) is 0 Å². The van der Waals surface area contributed by atoms with Crippen molar-refractivity contribution in [3.8, 4) is 61.3 Å². The van der Waals surface area contributed by atoms with Crippen molar-refractivity contribution in [2.75, 3.05) is 4.90 Å². The molecule has 12 aromatic carbocycles. The summed E-state index contributed by atoms with van der Waals surface area (Å²) < 4.78 is 2.53. The standard InChI is InChI=1S/C74H46N2/c1-2-19-47(20-3-1)48-21-16-23-51(43-48)75(53-40-42-59-57-28-6-11-33-64(57)73(69(59)46-53)62-31-9-4-25-54(62)55-26-5-10-32-63(55)73)52-24-17-22-49(44-52)50-39-41-58-56-27-7-12-34-65(56)74(68(58)45-50)66-35-13-15-38-71(66)76-70-37-14-8-29-60(70)61-30-18-36-67(74)72(61)76/h1-46H. The minimum Gasteiger partial charge on any atom is -0.310 e. The van der Waals surface area contributed by atoms with Crippen molar-refractivity contribution in [2.24, 2.45) is 0 Å². The van der Waals surface area contributed by atoms with E-state index in [1.54, 1.807) is 0 Å². The summed E-state index contributed by atoms with van der Waals surface area (Å²) in [5.74, 6) is 0. The van der Waals surface area contributed by atoms with Crippen LogP contribution in [0.4, 0.5) is 17.1 Å². The van der Waals surface area contributed by atoms with E-state index in [4.69, 9.17) is 0 Å². The molecule has 2 heterocycles. The van der Waals surface area contributed by atoms with Gasteiger partial charge in [-0.2, -0.15) is 0 Å². The molecule has 0 saturated carbocycles. The molecule has 1 unspecified atom stereocenters. The second kappa shape index (κ2) is 15.4. The second-order valence-corrected chi connectivity index (χ2v) is 21.0. The number of hydrogen-bond acceptors (Lipinski definition) is 1. The summed E-state index contributed by atoms with van der Waals surface area (Å²) in [4.78, 5) is 2.49. The average molecular weight is 963 g/mol. The maximum absolute atomic E-state index is 2.53. The van der Waals surface area contributed by atoms with E-state index < -0.39 is 10.8 Å². The van der Waals surface area contributed by atoms with E-state index in [0.29, 0.717) is 0 Å². The minimum absolute atomic E-state index is 0.469. The van der Waals surface area contributed by atoms with Crippen molar-refractivity contribution in [3.63, 3.8) is 0 Å². The molecule has 0 bridgehead atoms. The van der Waals surface area contributed by atoms with Crippen molar-refractivity contribution < 1.29 is 0 Å². The molecule has 1 aliphatic heterocycles. The van der Waals surface area contributed by atoms with E-state index in [2.05, 4.69) is 289 Å². The highest BCUT2D eigenvalue weighted by Gasteiger charge is 2.53. The Balaban J connectivity index is 0.884. The number of benzene rings is 12. The van der Waals surface area contributed by atoms with E-state index in [1.165, 1.54) is 122 Å². The summed E-state index contributed by atoms with van der Waals surface area (Å²) >= 11 is 0.